The molecule has 1 aromatic carbocycles. The number of hydrazine groups is 2. The van der Waals surface area contributed by atoms with Gasteiger partial charge in [-0.25, -0.2) is 4.98 Å². The number of nitrogens with one attached hydrogen (secondary N) is 4. The maximum atomic E-state index is 14.0. The third kappa shape index (κ3) is 5.43. The molecule has 6 rings (SSSR count). The fourth-order valence-corrected chi connectivity index (χ4v) is 5.97. The van der Waals surface area contributed by atoms with E-state index >= 15 is 0 Å². The van der Waals surface area contributed by atoms with Gasteiger partial charge in [-0.1, -0.05) is 23.6 Å². The van der Waals surface area contributed by atoms with Gasteiger partial charge in [-0.3, -0.25) is 9.99 Å². The van der Waals surface area contributed by atoms with Gasteiger partial charge in [-0.05, 0) is 70.6 Å². The molecule has 226 valence electrons. The summed E-state index contributed by atoms with van der Waals surface area (Å²) in [6.45, 7) is 3.57. The molecule has 3 aromatic rings. The minimum Gasteiger partial charge on any atom is -0.383 e. The first-order valence-corrected chi connectivity index (χ1v) is 14.5. The molecule has 7 nitrogen and oxygen atoms in total. The fourth-order valence-electron chi connectivity index (χ4n) is 5.70. The van der Waals surface area contributed by atoms with Crippen LogP contribution in [0, 0.1) is 36.5 Å². The lowest BCUT2D eigenvalue weighted by molar-refractivity contribution is -0.206. The van der Waals surface area contributed by atoms with Gasteiger partial charge in [0, 0.05) is 41.3 Å². The van der Waals surface area contributed by atoms with Crippen molar-refractivity contribution in [2.24, 2.45) is 11.3 Å². The summed E-state index contributed by atoms with van der Waals surface area (Å²) in [6, 6.07) is 5.94. The van der Waals surface area contributed by atoms with Crippen molar-refractivity contribution in [1.82, 2.24) is 25.9 Å². The Morgan fingerprint density at radius 3 is 2.60 bits per heavy atom. The van der Waals surface area contributed by atoms with Crippen LogP contribution in [-0.4, -0.2) is 33.2 Å². The summed E-state index contributed by atoms with van der Waals surface area (Å²) in [6.07, 6.45) is 9.39. The Morgan fingerprint density at radius 2 is 1.98 bits per heavy atom. The largest absolute Gasteiger partial charge is 0.395 e. The Hall–Kier alpha value is -3.75. The zero-order chi connectivity index (χ0) is 30.7. The van der Waals surface area contributed by atoms with Crippen LogP contribution in [-0.2, 0) is 0 Å². The van der Waals surface area contributed by atoms with Gasteiger partial charge < -0.3 is 16.1 Å². The smallest absolute Gasteiger partial charge is 0.383 e. The number of terminal acetylenes is 1. The van der Waals surface area contributed by atoms with Crippen LogP contribution in [0.3, 0.4) is 0 Å². The number of fused-ring (bicyclic) bond motifs is 1. The van der Waals surface area contributed by atoms with Crippen molar-refractivity contribution in [2.75, 3.05) is 17.2 Å². The summed E-state index contributed by atoms with van der Waals surface area (Å²) in [4.78, 5) is 8.44. The van der Waals surface area contributed by atoms with Crippen LogP contribution in [0.2, 0.25) is 5.02 Å². The number of rotatable bonds is 9. The Morgan fingerprint density at radius 1 is 1.23 bits per heavy atom. The second kappa shape index (κ2) is 10.5. The molecular weight excluding hydrogens is 582 g/mol. The number of aryl methyl sites for hydroxylation is 1. The van der Waals surface area contributed by atoms with Gasteiger partial charge >= 0.3 is 6.18 Å². The van der Waals surface area contributed by atoms with Gasteiger partial charge in [-0.2, -0.15) is 17.6 Å². The molecule has 0 amide bonds. The van der Waals surface area contributed by atoms with E-state index in [1.54, 1.807) is 25.1 Å². The van der Waals surface area contributed by atoms with E-state index in [4.69, 9.17) is 18.0 Å². The van der Waals surface area contributed by atoms with Crippen LogP contribution in [0.1, 0.15) is 62.4 Å². The Bertz CT molecular complexity index is 1650. The van der Waals surface area contributed by atoms with Gasteiger partial charge in [0.1, 0.15) is 0 Å². The SMILES string of the molecule is C#Cc1cnc2c(Cl)cc(N[C@H](C3=CN(C4(C5CC5)CC4)NN3)c3ccc(F)nc3C)cc2c1NCC(C)(C)C(F)(F)F. The number of anilines is 2. The van der Waals surface area contributed by atoms with Gasteiger partial charge in [-0.15, -0.1) is 12.0 Å². The zero-order valence-corrected chi connectivity index (χ0v) is 24.7. The maximum absolute atomic E-state index is 14.0. The average Bonchev–Trinajstić information content (AvgIpc) is 3.87. The number of nitrogens with zero attached hydrogens (tertiary/aromatic N) is 3. The van der Waals surface area contributed by atoms with Crippen LogP contribution in [0.4, 0.5) is 28.9 Å². The lowest BCUT2D eigenvalue weighted by atomic mass is 9.92. The van der Waals surface area contributed by atoms with Gasteiger partial charge in [0.2, 0.25) is 5.95 Å². The average molecular weight is 614 g/mol. The highest BCUT2D eigenvalue weighted by Gasteiger charge is 2.58. The molecule has 2 saturated carbocycles. The van der Waals surface area contributed by atoms with Gasteiger partial charge in [0.15, 0.2) is 0 Å². The highest BCUT2D eigenvalue weighted by molar-refractivity contribution is 6.35. The first-order valence-electron chi connectivity index (χ1n) is 14.1. The fraction of sp³-hybridized carbons (Fsp3) is 0.419. The predicted octanol–water partition coefficient (Wildman–Crippen LogP) is 6.97. The maximum Gasteiger partial charge on any atom is 0.395 e. The molecule has 0 saturated heterocycles. The van der Waals surface area contributed by atoms with E-state index in [0.29, 0.717) is 39.5 Å². The molecule has 3 heterocycles. The van der Waals surface area contributed by atoms with E-state index in [1.807, 2.05) is 6.20 Å². The van der Waals surface area contributed by atoms with Crippen LogP contribution < -0.4 is 21.6 Å². The van der Waals surface area contributed by atoms with Crippen molar-refractivity contribution in [1.29, 1.82) is 0 Å². The molecule has 12 heteroatoms. The topological polar surface area (TPSA) is 77.1 Å². The van der Waals surface area contributed by atoms with Crippen molar-refractivity contribution in [2.45, 2.75) is 64.2 Å². The standard InChI is InChI=1S/C31H32ClF4N7/c1-5-18-14-37-27-22(26(18)38-16-29(3,4)31(34,35)36)12-20(13-23(27)32)40-28(21-8-9-25(33)39-17(21)2)24-15-43(42-41-24)30(10-11-30)19-6-7-19/h1,8-9,12-15,19,28,40-42H,6-7,10-11,16H2,2-4H3,(H,37,38)/t28-/m0/s1. The van der Waals surface area contributed by atoms with E-state index < -0.39 is 30.1 Å². The van der Waals surface area contributed by atoms with Crippen LogP contribution in [0.5, 0.6) is 0 Å². The van der Waals surface area contributed by atoms with Crippen molar-refractivity contribution in [3.8, 4) is 12.3 Å². The molecule has 0 spiro atoms. The molecule has 0 unspecified atom stereocenters. The lowest BCUT2D eigenvalue weighted by Crippen LogP contribution is -2.46. The second-order valence-electron chi connectivity index (χ2n) is 12.2. The zero-order valence-electron chi connectivity index (χ0n) is 24.0. The highest BCUT2D eigenvalue weighted by atomic mass is 35.5. The minimum absolute atomic E-state index is 0.101. The Balaban J connectivity index is 1.39. The number of hydrogen-bond acceptors (Lipinski definition) is 7. The summed E-state index contributed by atoms with van der Waals surface area (Å²) >= 11 is 6.69. The van der Waals surface area contributed by atoms with Crippen LogP contribution >= 0.6 is 11.6 Å². The van der Waals surface area contributed by atoms with Crippen molar-refractivity contribution in [3.63, 3.8) is 0 Å². The Labute approximate surface area is 252 Å². The number of hydrogen-bond donors (Lipinski definition) is 4. The monoisotopic (exact) mass is 613 g/mol. The molecule has 1 atom stereocenters. The van der Waals surface area contributed by atoms with E-state index in [-0.39, 0.29) is 10.6 Å². The molecule has 0 bridgehead atoms. The molecule has 2 fully saturated rings. The number of pyridine rings is 2. The first-order chi connectivity index (χ1) is 20.3. The summed E-state index contributed by atoms with van der Waals surface area (Å²) < 4.78 is 55.0. The number of halogens is 5. The quantitative estimate of drug-likeness (QED) is 0.118. The molecule has 2 aromatic heterocycles. The minimum atomic E-state index is -4.43. The number of aromatic nitrogens is 2. The van der Waals surface area contributed by atoms with E-state index in [1.165, 1.54) is 25.1 Å². The van der Waals surface area contributed by atoms with E-state index in [9.17, 15) is 17.6 Å². The molecule has 1 aliphatic heterocycles. The van der Waals surface area contributed by atoms with Gasteiger partial charge in [0.25, 0.3) is 0 Å². The van der Waals surface area contributed by atoms with Crippen molar-refractivity contribution < 1.29 is 17.6 Å². The normalized spacial score (nSPS) is 18.6. The third-order valence-corrected chi connectivity index (χ3v) is 9.04. The van der Waals surface area contributed by atoms with Crippen LogP contribution in [0.15, 0.2) is 42.4 Å². The third-order valence-electron chi connectivity index (χ3n) is 8.75. The summed E-state index contributed by atoms with van der Waals surface area (Å²) in [5.41, 5.74) is 8.29. The summed E-state index contributed by atoms with van der Waals surface area (Å²) in [7, 11) is 0. The van der Waals surface area contributed by atoms with Crippen molar-refractivity contribution in [3.05, 3.63) is 70.2 Å². The lowest BCUT2D eigenvalue weighted by Gasteiger charge is -2.29. The Kier molecular flexibility index (Phi) is 7.13. The molecule has 0 radical (unpaired) electrons. The molecule has 3 aliphatic rings. The van der Waals surface area contributed by atoms with Crippen molar-refractivity contribution >= 4 is 33.9 Å². The number of alkyl halides is 3. The highest BCUT2D eigenvalue weighted by Crippen LogP contribution is 2.57. The second-order valence-corrected chi connectivity index (χ2v) is 12.6. The summed E-state index contributed by atoms with van der Waals surface area (Å²) in [5, 5.41) is 9.32. The molecule has 4 N–H and O–H groups in total. The summed E-state index contributed by atoms with van der Waals surface area (Å²) in [5.74, 6) is 2.59. The molecule has 43 heavy (non-hydrogen) atoms. The van der Waals surface area contributed by atoms with Crippen LogP contribution in [0.25, 0.3) is 10.9 Å². The predicted molar refractivity (Wildman–Crippen MR) is 159 cm³/mol. The molecule has 2 aliphatic carbocycles. The number of benzene rings is 1. The first kappa shape index (κ1) is 29.3. The molecular formula is C31H32ClF4N7. The van der Waals surface area contributed by atoms with E-state index in [0.717, 1.165) is 37.9 Å². The van der Waals surface area contributed by atoms with E-state index in [2.05, 4.69) is 42.5 Å². The van der Waals surface area contributed by atoms with Gasteiger partial charge in [0.05, 0.1) is 44.5 Å².